The van der Waals surface area contributed by atoms with Gasteiger partial charge in [-0.15, -0.1) is 0 Å². The van der Waals surface area contributed by atoms with Crippen molar-refractivity contribution in [1.82, 2.24) is 0 Å². The fraction of sp³-hybridized carbons (Fsp3) is 0.615. The molecule has 0 aliphatic heterocycles. The summed E-state index contributed by atoms with van der Waals surface area (Å²) in [7, 11) is 1.19. The van der Waals surface area contributed by atoms with Gasteiger partial charge in [-0.1, -0.05) is 6.92 Å². The summed E-state index contributed by atoms with van der Waals surface area (Å²) in [6, 6.07) is 0. The summed E-state index contributed by atoms with van der Waals surface area (Å²) >= 11 is 0. The normalized spacial score (nSPS) is 13.7. The van der Waals surface area contributed by atoms with E-state index >= 15 is 0 Å². The molecule has 0 heterocycles. The average molecular weight is 363 g/mol. The van der Waals surface area contributed by atoms with Crippen LogP contribution >= 0.6 is 0 Å². The average Bonchev–Trinajstić information content (AvgIpc) is 2.35. The maximum atomic E-state index is 11.5. The topological polar surface area (TPSA) is 78.9 Å². The minimum atomic E-state index is -1.07. The predicted molar refractivity (Wildman–Crippen MR) is 68.7 cm³/mol. The van der Waals surface area contributed by atoms with E-state index in [-0.39, 0.29) is 40.1 Å². The van der Waals surface area contributed by atoms with Gasteiger partial charge in [0.1, 0.15) is 0 Å². The Balaban J connectivity index is -0.00000144. The van der Waals surface area contributed by atoms with Crippen LogP contribution < -0.4 is 0 Å². The number of esters is 3. The van der Waals surface area contributed by atoms with E-state index in [9.17, 15) is 14.4 Å². The quantitative estimate of drug-likeness (QED) is 0.403. The second kappa shape index (κ2) is 12.3. The van der Waals surface area contributed by atoms with Gasteiger partial charge in [-0.2, -0.15) is 6.42 Å². The van der Waals surface area contributed by atoms with Crippen LogP contribution in [-0.4, -0.2) is 37.2 Å². The third kappa shape index (κ3) is 8.64. The minimum Gasteiger partial charge on any atom is -0.466 e. The summed E-state index contributed by atoms with van der Waals surface area (Å²) in [6.07, 6.45) is -1.73. The number of methoxy groups -OCH3 is 1. The van der Waals surface area contributed by atoms with E-state index in [0.29, 0.717) is 6.42 Å². The van der Waals surface area contributed by atoms with Crippen molar-refractivity contribution in [3.8, 4) is 0 Å². The van der Waals surface area contributed by atoms with Crippen LogP contribution in [0.2, 0.25) is 0 Å². The van der Waals surface area contributed by atoms with Gasteiger partial charge in [0.2, 0.25) is 0 Å². The Morgan fingerprint density at radius 2 is 1.35 bits per heavy atom. The Morgan fingerprint density at radius 3 is 1.75 bits per heavy atom. The van der Waals surface area contributed by atoms with E-state index in [2.05, 4.69) is 11.7 Å². The molecule has 0 saturated heterocycles. The molecular formula is C13H22O6Y-2. The zero-order valence-electron chi connectivity index (χ0n) is 12.7. The summed E-state index contributed by atoms with van der Waals surface area (Å²) in [5.74, 6) is -2.39. The van der Waals surface area contributed by atoms with Crippen molar-refractivity contribution >= 4 is 17.9 Å². The smallest absolute Gasteiger partial charge is 0.347 e. The van der Waals surface area contributed by atoms with E-state index in [0.717, 1.165) is 0 Å². The van der Waals surface area contributed by atoms with Gasteiger partial charge in [0.25, 0.3) is 0 Å². The first-order valence-corrected chi connectivity index (χ1v) is 5.61. The summed E-state index contributed by atoms with van der Waals surface area (Å²) in [5.41, 5.74) is 0. The summed E-state index contributed by atoms with van der Waals surface area (Å²) in [6.45, 7) is 7.95. The van der Waals surface area contributed by atoms with Crippen molar-refractivity contribution in [2.24, 2.45) is 5.92 Å². The molecule has 0 spiro atoms. The largest absolute Gasteiger partial charge is 0.466 e. The molecule has 3 atom stereocenters. The molecule has 0 aliphatic carbocycles. The van der Waals surface area contributed by atoms with Gasteiger partial charge < -0.3 is 28.6 Å². The molecule has 115 valence electrons. The third-order valence-corrected chi connectivity index (χ3v) is 2.29. The Bertz CT molecular complexity index is 318. The van der Waals surface area contributed by atoms with Crippen LogP contribution in [0.3, 0.4) is 0 Å². The first-order valence-electron chi connectivity index (χ1n) is 5.61. The van der Waals surface area contributed by atoms with Crippen molar-refractivity contribution in [2.45, 2.75) is 39.4 Å². The predicted octanol–water partition coefficient (Wildman–Crippen LogP) is 1.33. The zero-order valence-corrected chi connectivity index (χ0v) is 15.5. The zero-order chi connectivity index (χ0) is 14.3. The molecule has 0 rings (SSSR count). The molecule has 0 aliphatic rings. The molecule has 0 aromatic heterocycles. The molecule has 0 saturated carbocycles. The van der Waals surface area contributed by atoms with Gasteiger partial charge in [-0.3, -0.25) is 4.79 Å². The molecule has 1 radical (unpaired) electrons. The first-order chi connectivity index (χ1) is 8.33. The van der Waals surface area contributed by atoms with Crippen molar-refractivity contribution in [3.63, 3.8) is 0 Å². The van der Waals surface area contributed by atoms with Crippen molar-refractivity contribution in [3.05, 3.63) is 14.4 Å². The molecule has 0 aromatic carbocycles. The van der Waals surface area contributed by atoms with Crippen molar-refractivity contribution in [1.29, 1.82) is 0 Å². The summed E-state index contributed by atoms with van der Waals surface area (Å²) < 4.78 is 14.0. The van der Waals surface area contributed by atoms with Crippen LogP contribution in [0, 0.1) is 20.3 Å². The Hall–Kier alpha value is -0.486. The van der Waals surface area contributed by atoms with Crippen molar-refractivity contribution in [2.75, 3.05) is 7.11 Å². The van der Waals surface area contributed by atoms with E-state index in [1.165, 1.54) is 21.0 Å². The Labute approximate surface area is 145 Å². The molecule has 1 unspecified atom stereocenters. The molecule has 0 amide bonds. The van der Waals surface area contributed by atoms with Gasteiger partial charge in [-0.05, 0) is 13.8 Å². The molecule has 0 aromatic rings. The molecule has 0 fully saturated rings. The molecule has 7 heteroatoms. The molecule has 0 bridgehead atoms. The number of carbonyl (C=O) groups is 3. The number of hydrogen-bond donors (Lipinski definition) is 0. The monoisotopic (exact) mass is 363 g/mol. The van der Waals surface area contributed by atoms with Gasteiger partial charge in [0.15, 0.2) is 12.2 Å². The minimum absolute atomic E-state index is 0. The van der Waals surface area contributed by atoms with Crippen LogP contribution in [-0.2, 0) is 61.3 Å². The van der Waals surface area contributed by atoms with E-state index in [1.807, 2.05) is 0 Å². The molecule has 6 nitrogen and oxygen atoms in total. The number of hydrogen-bond acceptors (Lipinski definition) is 6. The molecule has 0 N–H and O–H groups in total. The first kappa shape index (κ1) is 24.5. The fourth-order valence-corrected chi connectivity index (χ4v) is 0.940. The number of rotatable bonds is 6. The third-order valence-electron chi connectivity index (χ3n) is 2.29. The summed E-state index contributed by atoms with van der Waals surface area (Å²) in [4.78, 5) is 33.9. The second-order valence-electron chi connectivity index (χ2n) is 3.87. The number of carbonyl (C=O) groups excluding carboxylic acids is 3. The van der Waals surface area contributed by atoms with Gasteiger partial charge in [0, 0.05) is 38.6 Å². The fourth-order valence-electron chi connectivity index (χ4n) is 0.940. The maximum Gasteiger partial charge on any atom is 0.347 e. The van der Waals surface area contributed by atoms with Crippen molar-refractivity contribution < 1.29 is 61.3 Å². The van der Waals surface area contributed by atoms with Crippen LogP contribution in [0.25, 0.3) is 0 Å². The van der Waals surface area contributed by atoms with E-state index in [1.54, 1.807) is 6.92 Å². The van der Waals surface area contributed by atoms with Crippen LogP contribution in [0.4, 0.5) is 0 Å². The van der Waals surface area contributed by atoms with Crippen LogP contribution in [0.1, 0.15) is 27.2 Å². The van der Waals surface area contributed by atoms with Crippen LogP contribution in [0.5, 0.6) is 0 Å². The second-order valence-corrected chi connectivity index (χ2v) is 3.87. The van der Waals surface area contributed by atoms with Gasteiger partial charge in [0.05, 0.1) is 7.11 Å². The standard InChI is InChI=1S/C12H19O6.CH3.Y/c1-6-7(2)10(13)17-9(4)12(15)18-8(3)11(14)16-5;;/h7-9H,1,6H2,2-5H3;1H3;/q2*-1;/t7?,8-,9+;;/m1../s1. The van der Waals surface area contributed by atoms with E-state index in [4.69, 9.17) is 9.47 Å². The summed E-state index contributed by atoms with van der Waals surface area (Å²) in [5, 5.41) is 0. The molecule has 20 heavy (non-hydrogen) atoms. The Kier molecular flexibility index (Phi) is 15.0. The number of ether oxygens (including phenoxy) is 3. The Morgan fingerprint density at radius 1 is 0.950 bits per heavy atom. The van der Waals surface area contributed by atoms with Gasteiger partial charge >= 0.3 is 17.9 Å². The van der Waals surface area contributed by atoms with Gasteiger partial charge in [-0.25, -0.2) is 9.59 Å². The maximum absolute atomic E-state index is 11.5. The van der Waals surface area contributed by atoms with Crippen LogP contribution in [0.15, 0.2) is 0 Å². The van der Waals surface area contributed by atoms with E-state index < -0.39 is 36.0 Å². The SMILES string of the molecule is [CH2-]CC(C)C(=O)O[C@@H](C)C(=O)O[C@H](C)C(=O)OC.[CH3-].[Y]. The molecular weight excluding hydrogens is 341 g/mol.